The van der Waals surface area contributed by atoms with Crippen LogP contribution in [0.5, 0.6) is 0 Å². The summed E-state index contributed by atoms with van der Waals surface area (Å²) >= 11 is 0. The second-order valence-corrected chi connectivity index (χ2v) is 4.17. The number of rotatable bonds is 4. The quantitative estimate of drug-likeness (QED) is 0.872. The van der Waals surface area contributed by atoms with E-state index in [2.05, 4.69) is 41.4 Å². The van der Waals surface area contributed by atoms with Gasteiger partial charge in [0.25, 0.3) is 0 Å². The standard InChI is InChI=1S/C14H17N3/c1-11-4-6-12(7-5-11)14-9-8-13(16-17-14)3-2-10-15/h4-9H,2-3,10,15H2,1H3. The average molecular weight is 227 g/mol. The predicted octanol–water partition coefficient (Wildman–Crippen LogP) is 2.34. The molecule has 0 aliphatic carbocycles. The molecule has 0 aliphatic rings. The number of hydrogen-bond donors (Lipinski definition) is 1. The third kappa shape index (κ3) is 3.11. The summed E-state index contributed by atoms with van der Waals surface area (Å²) in [5.74, 6) is 0. The fraction of sp³-hybridized carbons (Fsp3) is 0.286. The lowest BCUT2D eigenvalue weighted by atomic mass is 10.1. The molecular formula is C14H17N3. The van der Waals surface area contributed by atoms with Gasteiger partial charge in [-0.3, -0.25) is 0 Å². The highest BCUT2D eigenvalue weighted by molar-refractivity contribution is 5.58. The van der Waals surface area contributed by atoms with Crippen molar-refractivity contribution in [1.29, 1.82) is 0 Å². The molecule has 0 saturated carbocycles. The van der Waals surface area contributed by atoms with Gasteiger partial charge in [0.2, 0.25) is 0 Å². The average Bonchev–Trinajstić information content (AvgIpc) is 2.38. The molecule has 1 aromatic heterocycles. The Labute approximate surface area is 102 Å². The van der Waals surface area contributed by atoms with Gasteiger partial charge >= 0.3 is 0 Å². The first-order chi connectivity index (χ1) is 8.29. The van der Waals surface area contributed by atoms with E-state index in [4.69, 9.17) is 5.73 Å². The minimum absolute atomic E-state index is 0.696. The van der Waals surface area contributed by atoms with Gasteiger partial charge in [0, 0.05) is 5.56 Å². The summed E-state index contributed by atoms with van der Waals surface area (Å²) in [7, 11) is 0. The molecule has 0 unspecified atom stereocenters. The van der Waals surface area contributed by atoms with Crippen LogP contribution in [0, 0.1) is 6.92 Å². The van der Waals surface area contributed by atoms with E-state index >= 15 is 0 Å². The highest BCUT2D eigenvalue weighted by Gasteiger charge is 2.00. The summed E-state index contributed by atoms with van der Waals surface area (Å²) < 4.78 is 0. The van der Waals surface area contributed by atoms with Crippen molar-refractivity contribution in [3.05, 3.63) is 47.7 Å². The van der Waals surface area contributed by atoms with Gasteiger partial charge in [-0.2, -0.15) is 10.2 Å². The van der Waals surface area contributed by atoms with Crippen molar-refractivity contribution in [2.45, 2.75) is 19.8 Å². The number of hydrogen-bond acceptors (Lipinski definition) is 3. The molecular weight excluding hydrogens is 210 g/mol. The third-order valence-electron chi connectivity index (χ3n) is 2.70. The van der Waals surface area contributed by atoms with Crippen LogP contribution in [0.3, 0.4) is 0 Å². The van der Waals surface area contributed by atoms with Gasteiger partial charge in [-0.05, 0) is 38.4 Å². The lowest BCUT2D eigenvalue weighted by molar-refractivity contribution is 0.789. The van der Waals surface area contributed by atoms with E-state index < -0.39 is 0 Å². The van der Waals surface area contributed by atoms with E-state index in [1.54, 1.807) is 0 Å². The Kier molecular flexibility index (Phi) is 3.83. The summed E-state index contributed by atoms with van der Waals surface area (Å²) in [6, 6.07) is 12.3. The maximum absolute atomic E-state index is 5.46. The smallest absolute Gasteiger partial charge is 0.0929 e. The van der Waals surface area contributed by atoms with Gasteiger partial charge in [-0.25, -0.2) is 0 Å². The Bertz CT molecular complexity index is 460. The van der Waals surface area contributed by atoms with Crippen LogP contribution >= 0.6 is 0 Å². The molecule has 17 heavy (non-hydrogen) atoms. The molecule has 0 saturated heterocycles. The van der Waals surface area contributed by atoms with Gasteiger partial charge in [-0.15, -0.1) is 0 Å². The summed E-state index contributed by atoms with van der Waals surface area (Å²) in [5, 5.41) is 8.45. The van der Waals surface area contributed by atoms with E-state index in [1.165, 1.54) is 5.56 Å². The molecule has 1 heterocycles. The zero-order valence-corrected chi connectivity index (χ0v) is 10.1. The molecule has 0 bridgehead atoms. The van der Waals surface area contributed by atoms with Gasteiger partial charge in [-0.1, -0.05) is 29.8 Å². The Morgan fingerprint density at radius 1 is 1.00 bits per heavy atom. The summed E-state index contributed by atoms with van der Waals surface area (Å²) in [5.41, 5.74) is 9.74. The van der Waals surface area contributed by atoms with Crippen LogP contribution < -0.4 is 5.73 Å². The minimum atomic E-state index is 0.696. The van der Waals surface area contributed by atoms with Gasteiger partial charge < -0.3 is 5.73 Å². The first-order valence-corrected chi connectivity index (χ1v) is 5.89. The fourth-order valence-electron chi connectivity index (χ4n) is 1.65. The van der Waals surface area contributed by atoms with Crippen LogP contribution in [0.15, 0.2) is 36.4 Å². The molecule has 0 fully saturated rings. The maximum Gasteiger partial charge on any atom is 0.0929 e. The zero-order valence-electron chi connectivity index (χ0n) is 10.1. The molecule has 0 atom stereocenters. The second kappa shape index (κ2) is 5.55. The Morgan fingerprint density at radius 2 is 1.76 bits per heavy atom. The second-order valence-electron chi connectivity index (χ2n) is 4.17. The van der Waals surface area contributed by atoms with Crippen LogP contribution in [-0.2, 0) is 6.42 Å². The number of benzene rings is 1. The first-order valence-electron chi connectivity index (χ1n) is 5.89. The zero-order chi connectivity index (χ0) is 12.1. The fourth-order valence-corrected chi connectivity index (χ4v) is 1.65. The highest BCUT2D eigenvalue weighted by atomic mass is 15.1. The Morgan fingerprint density at radius 3 is 2.35 bits per heavy atom. The van der Waals surface area contributed by atoms with Crippen LogP contribution in [0.1, 0.15) is 17.7 Å². The molecule has 3 heteroatoms. The molecule has 0 aliphatic heterocycles. The molecule has 88 valence electrons. The van der Waals surface area contributed by atoms with Crippen molar-refractivity contribution in [2.75, 3.05) is 6.54 Å². The van der Waals surface area contributed by atoms with Crippen molar-refractivity contribution < 1.29 is 0 Å². The van der Waals surface area contributed by atoms with Crippen LogP contribution in [0.25, 0.3) is 11.3 Å². The summed E-state index contributed by atoms with van der Waals surface area (Å²) in [6.07, 6.45) is 1.86. The molecule has 0 amide bonds. The number of aryl methyl sites for hydroxylation is 2. The highest BCUT2D eigenvalue weighted by Crippen LogP contribution is 2.16. The molecule has 2 aromatic rings. The lowest BCUT2D eigenvalue weighted by Gasteiger charge is -2.02. The molecule has 2 N–H and O–H groups in total. The topological polar surface area (TPSA) is 51.8 Å². The number of nitrogens with two attached hydrogens (primary N) is 1. The van der Waals surface area contributed by atoms with Crippen molar-refractivity contribution in [3.63, 3.8) is 0 Å². The summed E-state index contributed by atoms with van der Waals surface area (Å²) in [4.78, 5) is 0. The molecule has 3 nitrogen and oxygen atoms in total. The Balaban J connectivity index is 2.14. The SMILES string of the molecule is Cc1ccc(-c2ccc(CCCN)nn2)cc1. The van der Waals surface area contributed by atoms with E-state index in [0.29, 0.717) is 6.54 Å². The lowest BCUT2D eigenvalue weighted by Crippen LogP contribution is -2.02. The van der Waals surface area contributed by atoms with Crippen LogP contribution in [0.4, 0.5) is 0 Å². The van der Waals surface area contributed by atoms with Crippen LogP contribution in [0.2, 0.25) is 0 Å². The predicted molar refractivity (Wildman–Crippen MR) is 69.6 cm³/mol. The number of nitrogens with zero attached hydrogens (tertiary/aromatic N) is 2. The monoisotopic (exact) mass is 227 g/mol. The summed E-state index contributed by atoms with van der Waals surface area (Å²) in [6.45, 7) is 2.77. The molecule has 0 radical (unpaired) electrons. The molecule has 0 spiro atoms. The maximum atomic E-state index is 5.46. The van der Waals surface area contributed by atoms with Crippen molar-refractivity contribution in [1.82, 2.24) is 10.2 Å². The molecule has 1 aromatic carbocycles. The van der Waals surface area contributed by atoms with Gasteiger partial charge in [0.15, 0.2) is 0 Å². The van der Waals surface area contributed by atoms with Crippen molar-refractivity contribution in [2.24, 2.45) is 5.73 Å². The number of aromatic nitrogens is 2. The molecule has 2 rings (SSSR count). The minimum Gasteiger partial charge on any atom is -0.330 e. The van der Waals surface area contributed by atoms with Crippen molar-refractivity contribution >= 4 is 0 Å². The van der Waals surface area contributed by atoms with Gasteiger partial charge in [0.1, 0.15) is 0 Å². The van der Waals surface area contributed by atoms with E-state index in [1.807, 2.05) is 12.1 Å². The first kappa shape index (κ1) is 11.7. The van der Waals surface area contributed by atoms with E-state index in [9.17, 15) is 0 Å². The van der Waals surface area contributed by atoms with Gasteiger partial charge in [0.05, 0.1) is 11.4 Å². The normalized spacial score (nSPS) is 10.5. The van der Waals surface area contributed by atoms with Crippen LogP contribution in [-0.4, -0.2) is 16.7 Å². The van der Waals surface area contributed by atoms with E-state index in [0.717, 1.165) is 29.8 Å². The van der Waals surface area contributed by atoms with Crippen molar-refractivity contribution in [3.8, 4) is 11.3 Å². The Hall–Kier alpha value is -1.74. The van der Waals surface area contributed by atoms with E-state index in [-0.39, 0.29) is 0 Å². The largest absolute Gasteiger partial charge is 0.330 e. The third-order valence-corrected chi connectivity index (χ3v) is 2.70.